The van der Waals surface area contributed by atoms with Gasteiger partial charge in [-0.25, -0.2) is 0 Å². The Hall–Kier alpha value is -2.87. The lowest BCUT2D eigenvalue weighted by Crippen LogP contribution is -2.05. The van der Waals surface area contributed by atoms with Gasteiger partial charge >= 0.3 is 0 Å². The quantitative estimate of drug-likeness (QED) is 0.418. The first kappa shape index (κ1) is 14.1. The summed E-state index contributed by atoms with van der Waals surface area (Å²) in [7, 11) is 0. The first-order valence-corrected chi connectivity index (χ1v) is 7.27. The second-order valence-electron chi connectivity index (χ2n) is 5.15. The summed E-state index contributed by atoms with van der Waals surface area (Å²) in [4.78, 5) is 0. The molecule has 0 aliphatic rings. The molecule has 0 amide bonds. The minimum Gasteiger partial charge on any atom is -0.411 e. The topological polar surface area (TPSA) is 32.6 Å². The van der Waals surface area contributed by atoms with Crippen LogP contribution in [0.4, 0.5) is 0 Å². The van der Waals surface area contributed by atoms with Crippen molar-refractivity contribution in [2.75, 3.05) is 0 Å². The number of nitrogens with zero attached hydrogens (tertiary/aromatic N) is 1. The smallest absolute Gasteiger partial charge is 0.0911 e. The number of hydrogen-bond acceptors (Lipinski definition) is 2. The van der Waals surface area contributed by atoms with Gasteiger partial charge in [0.1, 0.15) is 0 Å². The van der Waals surface area contributed by atoms with Gasteiger partial charge < -0.3 is 5.21 Å². The molecule has 22 heavy (non-hydrogen) atoms. The molecule has 0 fully saturated rings. The molecular formula is C20H17NO. The van der Waals surface area contributed by atoms with Crippen molar-refractivity contribution in [1.82, 2.24) is 0 Å². The first-order chi connectivity index (χ1) is 10.9. The van der Waals surface area contributed by atoms with E-state index < -0.39 is 0 Å². The normalized spacial score (nSPS) is 11.4. The van der Waals surface area contributed by atoms with Crippen LogP contribution in [-0.2, 0) is 6.42 Å². The van der Waals surface area contributed by atoms with Gasteiger partial charge in [0.25, 0.3) is 0 Å². The van der Waals surface area contributed by atoms with E-state index in [9.17, 15) is 5.21 Å². The molecule has 0 spiro atoms. The zero-order chi connectivity index (χ0) is 15.2. The minimum atomic E-state index is 0.607. The third-order valence-electron chi connectivity index (χ3n) is 3.66. The van der Waals surface area contributed by atoms with E-state index in [0.717, 1.165) is 11.1 Å². The summed E-state index contributed by atoms with van der Waals surface area (Å²) in [5.41, 5.74) is 5.13. The Morgan fingerprint density at radius 1 is 0.682 bits per heavy atom. The Kier molecular flexibility index (Phi) is 4.30. The zero-order valence-electron chi connectivity index (χ0n) is 12.2. The molecule has 0 atom stereocenters. The lowest BCUT2D eigenvalue weighted by molar-refractivity contribution is 0.318. The van der Waals surface area contributed by atoms with Crippen LogP contribution in [-0.4, -0.2) is 10.9 Å². The second-order valence-corrected chi connectivity index (χ2v) is 5.15. The van der Waals surface area contributed by atoms with Gasteiger partial charge in [-0.1, -0.05) is 90.1 Å². The fourth-order valence-corrected chi connectivity index (χ4v) is 2.46. The van der Waals surface area contributed by atoms with Crippen LogP contribution in [0.25, 0.3) is 11.1 Å². The summed E-state index contributed by atoms with van der Waals surface area (Å²) in [5, 5.41) is 12.7. The highest BCUT2D eigenvalue weighted by Crippen LogP contribution is 2.20. The molecule has 2 heteroatoms. The largest absolute Gasteiger partial charge is 0.411 e. The third-order valence-corrected chi connectivity index (χ3v) is 3.66. The highest BCUT2D eigenvalue weighted by molar-refractivity contribution is 6.01. The predicted octanol–water partition coefficient (Wildman–Crippen LogP) is 4.77. The molecule has 0 aromatic heterocycles. The van der Waals surface area contributed by atoms with Crippen molar-refractivity contribution >= 4 is 5.71 Å². The van der Waals surface area contributed by atoms with Crippen molar-refractivity contribution in [1.29, 1.82) is 0 Å². The third kappa shape index (κ3) is 3.23. The van der Waals surface area contributed by atoms with E-state index in [-0.39, 0.29) is 0 Å². The Bertz CT molecular complexity index is 747. The lowest BCUT2D eigenvalue weighted by atomic mass is 9.99. The summed E-state index contributed by atoms with van der Waals surface area (Å²) in [6.07, 6.45) is 0.607. The molecule has 0 saturated heterocycles. The molecule has 0 aliphatic carbocycles. The van der Waals surface area contributed by atoms with Crippen molar-refractivity contribution < 1.29 is 5.21 Å². The van der Waals surface area contributed by atoms with Crippen LogP contribution in [0.5, 0.6) is 0 Å². The molecule has 0 aliphatic heterocycles. The van der Waals surface area contributed by atoms with Crippen LogP contribution in [0, 0.1) is 0 Å². The minimum absolute atomic E-state index is 0.607. The van der Waals surface area contributed by atoms with Gasteiger partial charge in [0.15, 0.2) is 0 Å². The van der Waals surface area contributed by atoms with Gasteiger partial charge in [0, 0.05) is 6.42 Å². The van der Waals surface area contributed by atoms with Crippen molar-refractivity contribution in [3.8, 4) is 11.1 Å². The predicted molar refractivity (Wildman–Crippen MR) is 90.3 cm³/mol. The summed E-state index contributed by atoms with van der Waals surface area (Å²) >= 11 is 0. The van der Waals surface area contributed by atoms with E-state index in [2.05, 4.69) is 41.6 Å². The molecular weight excluding hydrogens is 270 g/mol. The summed E-state index contributed by atoms with van der Waals surface area (Å²) in [5.74, 6) is 0. The monoisotopic (exact) mass is 287 g/mol. The van der Waals surface area contributed by atoms with Crippen LogP contribution in [0.2, 0.25) is 0 Å². The zero-order valence-corrected chi connectivity index (χ0v) is 12.2. The van der Waals surface area contributed by atoms with Gasteiger partial charge in [0.05, 0.1) is 5.71 Å². The Balaban J connectivity index is 1.79. The first-order valence-electron chi connectivity index (χ1n) is 7.27. The van der Waals surface area contributed by atoms with E-state index in [1.165, 1.54) is 11.1 Å². The van der Waals surface area contributed by atoms with E-state index >= 15 is 0 Å². The SMILES string of the molecule is ON=C(Cc1ccc(-c2ccccc2)cc1)c1ccccc1. The number of rotatable bonds is 4. The van der Waals surface area contributed by atoms with Gasteiger partial charge in [-0.05, 0) is 22.3 Å². The highest BCUT2D eigenvalue weighted by Gasteiger charge is 2.06. The molecule has 3 rings (SSSR count). The summed E-state index contributed by atoms with van der Waals surface area (Å²) in [6.45, 7) is 0. The summed E-state index contributed by atoms with van der Waals surface area (Å²) in [6, 6.07) is 28.4. The van der Waals surface area contributed by atoms with Crippen LogP contribution < -0.4 is 0 Å². The van der Waals surface area contributed by atoms with E-state index in [4.69, 9.17) is 0 Å². The van der Waals surface area contributed by atoms with Crippen molar-refractivity contribution in [3.63, 3.8) is 0 Å². The van der Waals surface area contributed by atoms with Crippen molar-refractivity contribution in [2.24, 2.45) is 5.16 Å². The summed E-state index contributed by atoms with van der Waals surface area (Å²) < 4.78 is 0. The molecule has 0 saturated carbocycles. The van der Waals surface area contributed by atoms with Crippen molar-refractivity contribution in [3.05, 3.63) is 96.1 Å². The maximum atomic E-state index is 9.26. The van der Waals surface area contributed by atoms with Crippen LogP contribution in [0.15, 0.2) is 90.1 Å². The number of benzene rings is 3. The van der Waals surface area contributed by atoms with Gasteiger partial charge in [0.2, 0.25) is 0 Å². The van der Waals surface area contributed by atoms with Crippen LogP contribution in [0.3, 0.4) is 0 Å². The molecule has 108 valence electrons. The average Bonchev–Trinajstić information content (AvgIpc) is 2.62. The number of hydrogen-bond donors (Lipinski definition) is 1. The molecule has 1 N–H and O–H groups in total. The molecule has 0 radical (unpaired) electrons. The van der Waals surface area contributed by atoms with E-state index in [0.29, 0.717) is 12.1 Å². The molecule has 2 nitrogen and oxygen atoms in total. The fourth-order valence-electron chi connectivity index (χ4n) is 2.46. The Morgan fingerprint density at radius 2 is 1.23 bits per heavy atom. The maximum Gasteiger partial charge on any atom is 0.0911 e. The van der Waals surface area contributed by atoms with Gasteiger partial charge in [-0.2, -0.15) is 0 Å². The fraction of sp³-hybridized carbons (Fsp3) is 0.0500. The van der Waals surface area contributed by atoms with E-state index in [1.54, 1.807) is 0 Å². The molecule has 3 aromatic rings. The highest BCUT2D eigenvalue weighted by atomic mass is 16.4. The Morgan fingerprint density at radius 3 is 1.82 bits per heavy atom. The standard InChI is InChI=1S/C20H17NO/c22-21-20(19-9-5-2-6-10-19)15-16-11-13-18(14-12-16)17-7-3-1-4-8-17/h1-14,22H,15H2. The van der Waals surface area contributed by atoms with Crippen LogP contribution >= 0.6 is 0 Å². The average molecular weight is 287 g/mol. The lowest BCUT2D eigenvalue weighted by Gasteiger charge is -2.07. The van der Waals surface area contributed by atoms with Gasteiger partial charge in [-0.15, -0.1) is 0 Å². The van der Waals surface area contributed by atoms with E-state index in [1.807, 2.05) is 48.5 Å². The number of oxime groups is 1. The maximum absolute atomic E-state index is 9.26. The van der Waals surface area contributed by atoms with Crippen molar-refractivity contribution in [2.45, 2.75) is 6.42 Å². The van der Waals surface area contributed by atoms with Crippen LogP contribution in [0.1, 0.15) is 11.1 Å². The molecule has 0 bridgehead atoms. The van der Waals surface area contributed by atoms with Gasteiger partial charge in [-0.3, -0.25) is 0 Å². The second kappa shape index (κ2) is 6.72. The molecule has 3 aromatic carbocycles. The molecule has 0 unspecified atom stereocenters. The molecule has 0 heterocycles. The Labute approximate surface area is 130 Å².